The molecule has 1 fully saturated rings. The molecule has 0 bridgehead atoms. The normalized spacial score (nSPS) is 30.3. The maximum atomic E-state index is 14.4. The number of rotatable bonds is 4. The van der Waals surface area contributed by atoms with Crippen molar-refractivity contribution in [1.82, 2.24) is 0 Å². The molecule has 1 rings (SSSR count). The summed E-state index contributed by atoms with van der Waals surface area (Å²) in [5, 5.41) is -1.17. The van der Waals surface area contributed by atoms with Crippen molar-refractivity contribution in [2.24, 2.45) is 0 Å². The molecule has 0 spiro atoms. The van der Waals surface area contributed by atoms with Crippen LogP contribution in [0.2, 0.25) is 0 Å². The van der Waals surface area contributed by atoms with Crippen LogP contribution in [0.25, 0.3) is 0 Å². The average Bonchev–Trinajstić information content (AvgIpc) is 2.35. The Balaban J connectivity index is 3.03. The van der Waals surface area contributed by atoms with Crippen molar-refractivity contribution in [3.63, 3.8) is 0 Å². The van der Waals surface area contributed by atoms with Crippen molar-refractivity contribution >= 4 is 33.8 Å². The molecule has 22 heavy (non-hydrogen) atoms. The Hall–Kier alpha value is -1.29. The Morgan fingerprint density at radius 3 is 2.09 bits per heavy atom. The predicted molar refractivity (Wildman–Crippen MR) is 70.3 cm³/mol. The van der Waals surface area contributed by atoms with Gasteiger partial charge in [0.05, 0.1) is 0 Å². The highest BCUT2D eigenvalue weighted by atomic mass is 79.9. The van der Waals surface area contributed by atoms with Crippen LogP contribution in [-0.2, 0) is 33.3 Å². The van der Waals surface area contributed by atoms with Gasteiger partial charge in [-0.15, -0.1) is 0 Å². The smallest absolute Gasteiger partial charge is 0.316 e. The summed E-state index contributed by atoms with van der Waals surface area (Å²) in [6.07, 6.45) is -5.49. The number of halogens is 3. The molecule has 0 aliphatic carbocycles. The van der Waals surface area contributed by atoms with Gasteiger partial charge in [0.2, 0.25) is 6.10 Å². The molecule has 0 saturated carbocycles. The topological polar surface area (TPSA) is 88.1 Å². The standard InChI is InChI=1S/C12H15BrF2O7/c1-5(16)19-4-8-12(14,15)10(21-7(3)18)9(11(13)22-8)20-6(2)17/h8-11H,4H2,1-3H3. The van der Waals surface area contributed by atoms with Crippen LogP contribution < -0.4 is 0 Å². The zero-order valence-electron chi connectivity index (χ0n) is 12.0. The summed E-state index contributed by atoms with van der Waals surface area (Å²) in [7, 11) is 0. The molecule has 10 heteroatoms. The van der Waals surface area contributed by atoms with E-state index in [-0.39, 0.29) is 0 Å². The Labute approximate surface area is 133 Å². The molecular formula is C12H15BrF2O7. The van der Waals surface area contributed by atoms with E-state index < -0.39 is 53.8 Å². The summed E-state index contributed by atoms with van der Waals surface area (Å²) in [6, 6.07) is 0. The molecule has 0 amide bonds. The molecule has 0 radical (unpaired) electrons. The second-order valence-corrected chi connectivity index (χ2v) is 5.46. The molecule has 0 N–H and O–H groups in total. The summed E-state index contributed by atoms with van der Waals surface area (Å²) in [5.41, 5.74) is 0. The molecular weight excluding hydrogens is 374 g/mol. The van der Waals surface area contributed by atoms with E-state index in [0.29, 0.717) is 0 Å². The van der Waals surface area contributed by atoms with Crippen LogP contribution in [-0.4, -0.2) is 53.8 Å². The van der Waals surface area contributed by atoms with Crippen LogP contribution in [0.1, 0.15) is 20.8 Å². The van der Waals surface area contributed by atoms with Crippen LogP contribution in [0.3, 0.4) is 0 Å². The third kappa shape index (κ3) is 4.60. The van der Waals surface area contributed by atoms with E-state index in [1.54, 1.807) is 0 Å². The minimum absolute atomic E-state index is 0.741. The quantitative estimate of drug-likeness (QED) is 0.405. The van der Waals surface area contributed by atoms with Gasteiger partial charge in [0.15, 0.2) is 17.2 Å². The van der Waals surface area contributed by atoms with Crippen LogP contribution in [0, 0.1) is 0 Å². The number of hydrogen-bond acceptors (Lipinski definition) is 7. The van der Waals surface area contributed by atoms with E-state index >= 15 is 0 Å². The Morgan fingerprint density at radius 1 is 1.09 bits per heavy atom. The fraction of sp³-hybridized carbons (Fsp3) is 0.750. The lowest BCUT2D eigenvalue weighted by atomic mass is 9.98. The molecule has 126 valence electrons. The lowest BCUT2D eigenvalue weighted by Gasteiger charge is -2.43. The van der Waals surface area contributed by atoms with Gasteiger partial charge in [-0.25, -0.2) is 0 Å². The maximum Gasteiger partial charge on any atom is 0.316 e. The monoisotopic (exact) mass is 388 g/mol. The molecule has 1 aliphatic heterocycles. The molecule has 0 aromatic carbocycles. The minimum atomic E-state index is -3.73. The van der Waals surface area contributed by atoms with Gasteiger partial charge in [0.25, 0.3) is 0 Å². The highest BCUT2D eigenvalue weighted by Crippen LogP contribution is 2.40. The van der Waals surface area contributed by atoms with Gasteiger partial charge in [0.1, 0.15) is 6.61 Å². The average molecular weight is 389 g/mol. The Bertz CT molecular complexity index is 457. The van der Waals surface area contributed by atoms with Crippen molar-refractivity contribution < 1.29 is 42.1 Å². The van der Waals surface area contributed by atoms with Crippen molar-refractivity contribution in [3.05, 3.63) is 0 Å². The second-order valence-electron chi connectivity index (χ2n) is 4.56. The van der Waals surface area contributed by atoms with Gasteiger partial charge in [-0.2, -0.15) is 8.78 Å². The van der Waals surface area contributed by atoms with Crippen molar-refractivity contribution in [2.75, 3.05) is 6.61 Å². The molecule has 0 aromatic rings. The zero-order chi connectivity index (χ0) is 17.1. The SMILES string of the molecule is CC(=O)OCC1OC(Br)C(OC(C)=O)C(OC(C)=O)C1(F)F. The van der Waals surface area contributed by atoms with Gasteiger partial charge in [-0.05, 0) is 0 Å². The van der Waals surface area contributed by atoms with Gasteiger partial charge in [-0.1, -0.05) is 15.9 Å². The number of carbonyl (C=O) groups excluding carboxylic acids is 3. The van der Waals surface area contributed by atoms with E-state index in [9.17, 15) is 23.2 Å². The molecule has 4 atom stereocenters. The summed E-state index contributed by atoms with van der Waals surface area (Å²) in [4.78, 5) is 32.9. The third-order valence-electron chi connectivity index (χ3n) is 2.69. The Morgan fingerprint density at radius 2 is 1.64 bits per heavy atom. The minimum Gasteiger partial charge on any atom is -0.463 e. The summed E-state index contributed by atoms with van der Waals surface area (Å²) in [5.74, 6) is -6.32. The fourth-order valence-corrected chi connectivity index (χ4v) is 2.49. The molecule has 7 nitrogen and oxygen atoms in total. The van der Waals surface area contributed by atoms with E-state index in [4.69, 9.17) is 9.47 Å². The predicted octanol–water partition coefficient (Wildman–Crippen LogP) is 1.17. The van der Waals surface area contributed by atoms with E-state index in [2.05, 4.69) is 25.4 Å². The lowest BCUT2D eigenvalue weighted by molar-refractivity contribution is -0.285. The number of alkyl halides is 3. The highest BCUT2D eigenvalue weighted by Gasteiger charge is 2.61. The number of ether oxygens (including phenoxy) is 4. The molecule has 1 saturated heterocycles. The first kappa shape index (κ1) is 18.8. The first-order valence-corrected chi connectivity index (χ1v) is 7.12. The van der Waals surface area contributed by atoms with E-state index in [1.807, 2.05) is 0 Å². The van der Waals surface area contributed by atoms with Crippen LogP contribution in [0.15, 0.2) is 0 Å². The number of hydrogen-bond donors (Lipinski definition) is 0. The van der Waals surface area contributed by atoms with E-state index in [1.165, 1.54) is 0 Å². The van der Waals surface area contributed by atoms with Crippen LogP contribution >= 0.6 is 15.9 Å². The summed E-state index contributed by atoms with van der Waals surface area (Å²) < 4.78 is 47.7. The molecule has 1 heterocycles. The highest BCUT2D eigenvalue weighted by molar-refractivity contribution is 9.09. The van der Waals surface area contributed by atoms with Gasteiger partial charge in [0, 0.05) is 20.8 Å². The largest absolute Gasteiger partial charge is 0.463 e. The number of carbonyl (C=O) groups is 3. The second kappa shape index (κ2) is 7.32. The van der Waals surface area contributed by atoms with Gasteiger partial charge < -0.3 is 18.9 Å². The van der Waals surface area contributed by atoms with Crippen LogP contribution in [0.5, 0.6) is 0 Å². The summed E-state index contributed by atoms with van der Waals surface area (Å²) in [6.45, 7) is 2.28. The third-order valence-corrected chi connectivity index (χ3v) is 3.43. The molecule has 1 aliphatic rings. The first-order valence-electron chi connectivity index (χ1n) is 6.20. The van der Waals surface area contributed by atoms with Crippen LogP contribution in [0.4, 0.5) is 8.78 Å². The molecule has 0 aromatic heterocycles. The lowest BCUT2D eigenvalue weighted by Crippen LogP contribution is -2.63. The van der Waals surface area contributed by atoms with Gasteiger partial charge in [-0.3, -0.25) is 14.4 Å². The molecule has 4 unspecified atom stereocenters. The first-order chi connectivity index (χ1) is 10.1. The van der Waals surface area contributed by atoms with Crippen molar-refractivity contribution in [3.8, 4) is 0 Å². The zero-order valence-corrected chi connectivity index (χ0v) is 13.6. The fourth-order valence-electron chi connectivity index (χ4n) is 1.84. The summed E-state index contributed by atoms with van der Waals surface area (Å²) >= 11 is 2.95. The number of esters is 3. The Kier molecular flexibility index (Phi) is 6.24. The van der Waals surface area contributed by atoms with E-state index in [0.717, 1.165) is 20.8 Å². The van der Waals surface area contributed by atoms with Crippen molar-refractivity contribution in [2.45, 2.75) is 50.0 Å². The van der Waals surface area contributed by atoms with Gasteiger partial charge >= 0.3 is 23.8 Å². The maximum absolute atomic E-state index is 14.4. The van der Waals surface area contributed by atoms with Crippen molar-refractivity contribution in [1.29, 1.82) is 0 Å².